The number of aryl methyl sites for hydroxylation is 1. The van der Waals surface area contributed by atoms with Crippen LogP contribution in [0.2, 0.25) is 0 Å². The quantitative estimate of drug-likeness (QED) is 0.675. The van der Waals surface area contributed by atoms with Crippen molar-refractivity contribution in [2.24, 2.45) is 7.05 Å². The molecule has 0 aromatic heterocycles. The Morgan fingerprint density at radius 3 is 3.14 bits per heavy atom. The lowest BCUT2D eigenvalue weighted by Gasteiger charge is -2.10. The van der Waals surface area contributed by atoms with E-state index in [1.165, 1.54) is 5.69 Å². The van der Waals surface area contributed by atoms with Gasteiger partial charge in [0.05, 0.1) is 5.69 Å². The molecule has 3 aliphatic heterocycles. The summed E-state index contributed by atoms with van der Waals surface area (Å²) in [4.78, 5) is 9.01. The lowest BCUT2D eigenvalue weighted by atomic mass is 10.3. The average molecular weight is 188 g/mol. The van der Waals surface area contributed by atoms with Crippen LogP contribution in [-0.4, -0.2) is 21.1 Å². The van der Waals surface area contributed by atoms with E-state index in [1.54, 1.807) is 0 Å². The lowest BCUT2D eigenvalue weighted by molar-refractivity contribution is 0.812. The number of rotatable bonds is 0. The molecular weight excluding hydrogens is 176 g/mol. The van der Waals surface area contributed by atoms with Gasteiger partial charge in [-0.1, -0.05) is 0 Å². The molecule has 0 fully saturated rings. The van der Waals surface area contributed by atoms with Crippen molar-refractivity contribution in [1.82, 2.24) is 14.5 Å². The van der Waals surface area contributed by atoms with Gasteiger partial charge in [-0.15, -0.1) is 0 Å². The summed E-state index contributed by atoms with van der Waals surface area (Å²) in [5.74, 6) is 2.01. The molecule has 72 valence electrons. The summed E-state index contributed by atoms with van der Waals surface area (Å²) in [6, 6.07) is 2.02. The summed E-state index contributed by atoms with van der Waals surface area (Å²) in [7, 11) is 2.06. The lowest BCUT2D eigenvalue weighted by Crippen LogP contribution is -2.05. The van der Waals surface area contributed by atoms with Crippen LogP contribution in [0.25, 0.3) is 11.5 Å². The van der Waals surface area contributed by atoms with E-state index in [2.05, 4.69) is 26.9 Å². The minimum Gasteiger partial charge on any atom is -0.368 e. The van der Waals surface area contributed by atoms with Crippen molar-refractivity contribution in [3.8, 4) is 11.5 Å². The molecule has 1 N–H and O–H groups in total. The van der Waals surface area contributed by atoms with Gasteiger partial charge in [0, 0.05) is 25.7 Å². The molecular formula is C10H12N4. The van der Waals surface area contributed by atoms with Gasteiger partial charge in [-0.2, -0.15) is 0 Å². The van der Waals surface area contributed by atoms with Gasteiger partial charge >= 0.3 is 0 Å². The molecule has 0 atom stereocenters. The first-order chi connectivity index (χ1) is 6.75. The standard InChI is InChI=1S/C10H12N4/c1-6-5-7-10(12-6)14(2)8-3-4-11-9(8)13-7/h5,11H,3-4H2,1-2H3. The first kappa shape index (κ1) is 7.79. The first-order valence-electron chi connectivity index (χ1n) is 4.82. The van der Waals surface area contributed by atoms with Gasteiger partial charge in [0.15, 0.2) is 5.82 Å². The van der Waals surface area contributed by atoms with Crippen molar-refractivity contribution in [2.75, 3.05) is 11.9 Å². The molecule has 0 radical (unpaired) electrons. The molecule has 14 heavy (non-hydrogen) atoms. The number of anilines is 1. The Bertz CT molecular complexity index is 472. The smallest absolute Gasteiger partial charge is 0.159 e. The summed E-state index contributed by atoms with van der Waals surface area (Å²) < 4.78 is 2.14. The van der Waals surface area contributed by atoms with Crippen LogP contribution in [-0.2, 0) is 13.5 Å². The largest absolute Gasteiger partial charge is 0.368 e. The monoisotopic (exact) mass is 188 g/mol. The van der Waals surface area contributed by atoms with Crippen LogP contribution in [0.1, 0.15) is 11.4 Å². The molecule has 3 rings (SSSR count). The Balaban J connectivity index is 2.37. The third kappa shape index (κ3) is 0.880. The molecule has 0 bridgehead atoms. The Morgan fingerprint density at radius 2 is 2.29 bits per heavy atom. The third-order valence-electron chi connectivity index (χ3n) is 2.74. The number of nitrogens with zero attached hydrogens (tertiary/aromatic N) is 3. The fourth-order valence-corrected chi connectivity index (χ4v) is 2.05. The molecule has 0 aromatic carbocycles. The number of hydrogen-bond acceptors (Lipinski definition) is 3. The van der Waals surface area contributed by atoms with Crippen LogP contribution in [0.4, 0.5) is 5.82 Å². The zero-order chi connectivity index (χ0) is 9.71. The van der Waals surface area contributed by atoms with E-state index in [-0.39, 0.29) is 0 Å². The van der Waals surface area contributed by atoms with Crippen molar-refractivity contribution in [3.63, 3.8) is 0 Å². The topological polar surface area (TPSA) is 42.7 Å². The Morgan fingerprint density at radius 1 is 1.43 bits per heavy atom. The second-order valence-electron chi connectivity index (χ2n) is 3.75. The van der Waals surface area contributed by atoms with Crippen LogP contribution in [0.15, 0.2) is 6.07 Å². The summed E-state index contributed by atoms with van der Waals surface area (Å²) in [5.41, 5.74) is 3.28. The van der Waals surface area contributed by atoms with Crippen LogP contribution >= 0.6 is 0 Å². The van der Waals surface area contributed by atoms with Crippen molar-refractivity contribution in [3.05, 3.63) is 17.5 Å². The molecule has 0 unspecified atom stereocenters. The average Bonchev–Trinajstić information content (AvgIpc) is 2.71. The third-order valence-corrected chi connectivity index (χ3v) is 2.74. The molecule has 0 amide bonds. The second-order valence-corrected chi connectivity index (χ2v) is 3.75. The fraction of sp³-hybridized carbons (Fsp3) is 0.400. The van der Waals surface area contributed by atoms with Crippen molar-refractivity contribution in [2.45, 2.75) is 13.3 Å². The highest BCUT2D eigenvalue weighted by atomic mass is 15.1. The molecule has 4 heteroatoms. The molecule has 3 aliphatic rings. The molecule has 3 heterocycles. The maximum atomic E-state index is 4.54. The first-order valence-corrected chi connectivity index (χ1v) is 4.82. The summed E-state index contributed by atoms with van der Waals surface area (Å²) in [6.45, 7) is 2.99. The molecule has 0 spiro atoms. The molecule has 0 aromatic rings. The van der Waals surface area contributed by atoms with E-state index >= 15 is 0 Å². The van der Waals surface area contributed by atoms with E-state index in [0.717, 1.165) is 36.0 Å². The highest BCUT2D eigenvalue weighted by molar-refractivity contribution is 5.61. The van der Waals surface area contributed by atoms with Gasteiger partial charge < -0.3 is 9.88 Å². The van der Waals surface area contributed by atoms with Crippen LogP contribution in [0.3, 0.4) is 0 Å². The maximum Gasteiger partial charge on any atom is 0.159 e. The van der Waals surface area contributed by atoms with Gasteiger partial charge in [-0.3, -0.25) is 0 Å². The second kappa shape index (κ2) is 2.47. The van der Waals surface area contributed by atoms with Crippen LogP contribution < -0.4 is 5.32 Å². The van der Waals surface area contributed by atoms with E-state index in [0.29, 0.717) is 0 Å². The zero-order valence-electron chi connectivity index (χ0n) is 8.33. The Labute approximate surface area is 82.3 Å². The predicted molar refractivity (Wildman–Crippen MR) is 54.6 cm³/mol. The number of aromatic nitrogens is 3. The minimum absolute atomic E-state index is 0.984. The van der Waals surface area contributed by atoms with E-state index in [1.807, 2.05) is 13.0 Å². The SMILES string of the molecule is Cc1cc2nc3c(n(C)c-2n1)CCN3. The highest BCUT2D eigenvalue weighted by Gasteiger charge is 2.20. The zero-order valence-corrected chi connectivity index (χ0v) is 8.33. The van der Waals surface area contributed by atoms with Crippen LogP contribution in [0, 0.1) is 6.92 Å². The van der Waals surface area contributed by atoms with Gasteiger partial charge in [-0.25, -0.2) is 9.97 Å². The van der Waals surface area contributed by atoms with E-state index in [4.69, 9.17) is 0 Å². The summed E-state index contributed by atoms with van der Waals surface area (Å²) >= 11 is 0. The minimum atomic E-state index is 0.984. The predicted octanol–water partition coefficient (Wildman–Crippen LogP) is 1.20. The van der Waals surface area contributed by atoms with E-state index in [9.17, 15) is 0 Å². The van der Waals surface area contributed by atoms with E-state index < -0.39 is 0 Å². The number of nitrogens with one attached hydrogen (secondary N) is 1. The van der Waals surface area contributed by atoms with Crippen molar-refractivity contribution < 1.29 is 0 Å². The number of hydrogen-bond donors (Lipinski definition) is 1. The molecule has 0 saturated carbocycles. The number of fused-ring (bicyclic) bond motifs is 2. The summed E-state index contributed by atoms with van der Waals surface area (Å²) in [6.07, 6.45) is 1.04. The summed E-state index contributed by atoms with van der Waals surface area (Å²) in [5, 5.41) is 3.28. The maximum absolute atomic E-state index is 4.54. The molecule has 4 nitrogen and oxygen atoms in total. The van der Waals surface area contributed by atoms with Crippen molar-refractivity contribution in [1.29, 1.82) is 0 Å². The molecule has 0 saturated heterocycles. The van der Waals surface area contributed by atoms with Gasteiger partial charge in [0.25, 0.3) is 0 Å². The van der Waals surface area contributed by atoms with Crippen LogP contribution in [0.5, 0.6) is 0 Å². The van der Waals surface area contributed by atoms with Gasteiger partial charge in [-0.05, 0) is 13.0 Å². The fourth-order valence-electron chi connectivity index (χ4n) is 2.05. The normalized spacial score (nSPS) is 14.4. The van der Waals surface area contributed by atoms with Gasteiger partial charge in [0.2, 0.25) is 0 Å². The Hall–Kier alpha value is -1.58. The molecule has 0 aliphatic carbocycles. The Kier molecular flexibility index (Phi) is 1.37. The van der Waals surface area contributed by atoms with Crippen molar-refractivity contribution >= 4 is 5.82 Å². The van der Waals surface area contributed by atoms with Gasteiger partial charge in [0.1, 0.15) is 11.5 Å². The highest BCUT2D eigenvalue weighted by Crippen LogP contribution is 2.28.